The average molecular weight is 919 g/mol. The summed E-state index contributed by atoms with van der Waals surface area (Å²) in [5.41, 5.74) is -1.36. The average Bonchev–Trinajstić information content (AvgIpc) is 3.13. The Morgan fingerprint density at radius 2 is 1.12 bits per heavy atom. The van der Waals surface area contributed by atoms with Crippen LogP contribution < -0.4 is 98.0 Å². The number of hydrogen-bond donors (Lipinski definition) is 1. The first-order valence-corrected chi connectivity index (χ1v) is 21.6. The summed E-state index contributed by atoms with van der Waals surface area (Å²) in [5.74, 6) is -0.874. The van der Waals surface area contributed by atoms with Crippen molar-refractivity contribution in [2.75, 3.05) is 0 Å². The number of aryl methyl sites for hydroxylation is 2. The van der Waals surface area contributed by atoms with E-state index >= 15 is 0 Å². The van der Waals surface area contributed by atoms with Crippen LogP contribution in [0.4, 0.5) is 22.7 Å². The predicted octanol–water partition coefficient (Wildman–Crippen LogP) is -2.14. The molecular weight excluding hydrogens is 894 g/mol. The summed E-state index contributed by atoms with van der Waals surface area (Å²) in [6.07, 6.45) is 0. The van der Waals surface area contributed by atoms with E-state index in [9.17, 15) is 52.4 Å². The SMILES string of the molecule is Cc1cc(-c2cc(C)c(N=Nc3cc(S(=O)(=O)[O-])c4ccccc4c3[O-])c(S(=O)(=O)O)c2)c(S(=O)(=O)[O-])cc1N=Nc1ccc(OS(=O)(=O)c2ccccc2)cc1.[Na+].[Na+].[Na+]. The number of rotatable bonds is 11. The van der Waals surface area contributed by atoms with Gasteiger partial charge in [-0.15, -0.1) is 5.11 Å². The van der Waals surface area contributed by atoms with Gasteiger partial charge in [0.15, 0.2) is 0 Å². The number of azo groups is 2. The molecule has 0 saturated heterocycles. The van der Waals surface area contributed by atoms with Gasteiger partial charge in [0.2, 0.25) is 0 Å². The van der Waals surface area contributed by atoms with Gasteiger partial charge in [0.25, 0.3) is 10.1 Å². The summed E-state index contributed by atoms with van der Waals surface area (Å²) < 4.78 is 139. The maximum Gasteiger partial charge on any atom is 1.00 e. The maximum atomic E-state index is 13.1. The van der Waals surface area contributed by atoms with Gasteiger partial charge < -0.3 is 18.4 Å². The summed E-state index contributed by atoms with van der Waals surface area (Å²) in [7, 11) is -19.7. The van der Waals surface area contributed by atoms with Crippen LogP contribution in [0.3, 0.4) is 0 Å². The van der Waals surface area contributed by atoms with Crippen molar-refractivity contribution in [1.29, 1.82) is 0 Å². The predicted molar refractivity (Wildman–Crippen MR) is 200 cm³/mol. The molecule has 6 rings (SSSR count). The first kappa shape index (κ1) is 51.4. The Bertz CT molecular complexity index is 3120. The molecule has 17 nitrogen and oxygen atoms in total. The van der Waals surface area contributed by atoms with Crippen LogP contribution in [0.2, 0.25) is 0 Å². The molecule has 0 radical (unpaired) electrons. The minimum absolute atomic E-state index is 0. The third-order valence-electron chi connectivity index (χ3n) is 8.23. The topological polar surface area (TPSA) is 285 Å². The quantitative estimate of drug-likeness (QED) is 0.0630. The molecule has 0 bridgehead atoms. The fraction of sp³-hybridized carbons (Fsp3) is 0.0556. The van der Waals surface area contributed by atoms with Crippen molar-refractivity contribution in [1.82, 2.24) is 0 Å². The van der Waals surface area contributed by atoms with Gasteiger partial charge in [-0.05, 0) is 114 Å². The van der Waals surface area contributed by atoms with Crippen LogP contribution in [-0.2, 0) is 40.5 Å². The summed E-state index contributed by atoms with van der Waals surface area (Å²) in [6.45, 7) is 2.79. The summed E-state index contributed by atoms with van der Waals surface area (Å²) >= 11 is 0. The van der Waals surface area contributed by atoms with Crippen LogP contribution in [0.1, 0.15) is 11.1 Å². The van der Waals surface area contributed by atoms with Crippen LogP contribution in [0, 0.1) is 13.8 Å². The smallest absolute Gasteiger partial charge is 0.871 e. The van der Waals surface area contributed by atoms with E-state index in [4.69, 9.17) is 4.18 Å². The van der Waals surface area contributed by atoms with Crippen molar-refractivity contribution in [3.8, 4) is 22.6 Å². The molecule has 0 heterocycles. The van der Waals surface area contributed by atoms with Crippen molar-refractivity contribution in [2.24, 2.45) is 20.5 Å². The first-order valence-electron chi connectivity index (χ1n) is 16.0. The van der Waals surface area contributed by atoms with Gasteiger partial charge in [0, 0.05) is 0 Å². The van der Waals surface area contributed by atoms with Gasteiger partial charge in [-0.2, -0.15) is 32.2 Å². The van der Waals surface area contributed by atoms with Crippen molar-refractivity contribution in [2.45, 2.75) is 33.4 Å². The Balaban J connectivity index is 0.00000320. The van der Waals surface area contributed by atoms with E-state index in [0.717, 1.165) is 12.1 Å². The monoisotopic (exact) mass is 918 g/mol. The number of benzene rings is 6. The second kappa shape index (κ2) is 20.1. The van der Waals surface area contributed by atoms with Crippen molar-refractivity contribution >= 4 is 74.0 Å². The molecule has 60 heavy (non-hydrogen) atoms. The van der Waals surface area contributed by atoms with E-state index in [1.165, 1.54) is 98.8 Å². The second-order valence-corrected chi connectivity index (χ2v) is 17.8. The summed E-state index contributed by atoms with van der Waals surface area (Å²) in [6, 6.07) is 23.0. The minimum atomic E-state index is -5.29. The summed E-state index contributed by atoms with van der Waals surface area (Å²) in [4.78, 5) is -2.61. The molecular formula is C36H25N4Na3O13S4. The zero-order chi connectivity index (χ0) is 41.5. The van der Waals surface area contributed by atoms with Crippen LogP contribution >= 0.6 is 0 Å². The van der Waals surface area contributed by atoms with E-state index in [0.29, 0.717) is 6.07 Å². The van der Waals surface area contributed by atoms with Crippen LogP contribution in [0.15, 0.2) is 149 Å². The Kier molecular flexibility index (Phi) is 17.2. The van der Waals surface area contributed by atoms with Gasteiger partial charge in [-0.25, -0.2) is 16.8 Å². The molecule has 0 aromatic heterocycles. The molecule has 0 aliphatic carbocycles. The molecule has 6 aromatic rings. The molecule has 294 valence electrons. The standard InChI is InChI=1S/C36H28N4O13S4.3Na/c1-21-17-29(33(55(45,46)47)19-30(21)38-37-24-12-14-25(15-13-24)53-57(51,52)26-8-4-3-5-9-26)23-16-22(2)35(34(18-23)56(48,49)50)40-39-31-20-32(54(42,43)44)27-10-6-7-11-28(27)36(31)41;;;/h3-20,41H,1-2H3,(H,42,43,44)(H,45,46,47)(H,48,49,50);;;/q;3*+1/p-3. The van der Waals surface area contributed by atoms with Gasteiger partial charge in [-0.3, -0.25) is 4.55 Å². The molecule has 0 aliphatic heterocycles. The molecule has 0 fully saturated rings. The fourth-order valence-electron chi connectivity index (χ4n) is 5.57. The van der Waals surface area contributed by atoms with Crippen molar-refractivity contribution in [3.63, 3.8) is 0 Å². The van der Waals surface area contributed by atoms with Gasteiger partial charge >= 0.3 is 98.8 Å². The Morgan fingerprint density at radius 1 is 0.567 bits per heavy atom. The van der Waals surface area contributed by atoms with E-state index in [1.807, 2.05) is 0 Å². The van der Waals surface area contributed by atoms with Crippen molar-refractivity contribution < 1.29 is 145 Å². The molecule has 0 aliphatic rings. The molecule has 0 saturated carbocycles. The number of fused-ring (bicyclic) bond motifs is 1. The molecule has 1 N–H and O–H groups in total. The zero-order valence-corrected chi connectivity index (χ0v) is 41.4. The molecule has 0 atom stereocenters. The normalized spacial score (nSPS) is 12.2. The third kappa shape index (κ3) is 11.7. The van der Waals surface area contributed by atoms with Crippen LogP contribution in [0.25, 0.3) is 21.9 Å². The number of nitrogens with zero attached hydrogens (tertiary/aromatic N) is 4. The molecule has 24 heteroatoms. The first-order chi connectivity index (χ1) is 26.6. The van der Waals surface area contributed by atoms with Gasteiger partial charge in [0.05, 0.1) is 26.9 Å². The number of hydrogen-bond acceptors (Lipinski definition) is 16. The van der Waals surface area contributed by atoms with E-state index in [1.54, 1.807) is 6.07 Å². The van der Waals surface area contributed by atoms with Crippen LogP contribution in [-0.4, -0.2) is 47.3 Å². The molecule has 0 unspecified atom stereocenters. The minimum Gasteiger partial charge on any atom is -0.871 e. The second-order valence-electron chi connectivity index (χ2n) is 12.2. The Hall–Kier alpha value is -2.94. The molecule has 6 aromatic carbocycles. The van der Waals surface area contributed by atoms with Gasteiger partial charge in [0.1, 0.15) is 41.5 Å². The van der Waals surface area contributed by atoms with Gasteiger partial charge in [-0.1, -0.05) is 48.2 Å². The molecule has 0 spiro atoms. The fourth-order valence-corrected chi connectivity index (χ4v) is 8.65. The Morgan fingerprint density at radius 3 is 1.70 bits per heavy atom. The Labute approximate surface area is 411 Å². The zero-order valence-electron chi connectivity index (χ0n) is 32.2. The largest absolute Gasteiger partial charge is 1.00 e. The van der Waals surface area contributed by atoms with E-state index < -0.39 is 72.3 Å². The van der Waals surface area contributed by atoms with Crippen molar-refractivity contribution in [3.05, 3.63) is 120 Å². The summed E-state index contributed by atoms with van der Waals surface area (Å²) in [5, 5.41) is 28.4. The van der Waals surface area contributed by atoms with Crippen LogP contribution in [0.5, 0.6) is 11.5 Å². The maximum absolute atomic E-state index is 13.1. The van der Waals surface area contributed by atoms with E-state index in [2.05, 4.69) is 20.5 Å². The molecule has 0 amide bonds. The van der Waals surface area contributed by atoms with E-state index in [-0.39, 0.29) is 144 Å². The third-order valence-corrected chi connectivity index (χ3v) is 12.1.